The Hall–Kier alpha value is -2.15. The second-order valence-electron chi connectivity index (χ2n) is 8.80. The van der Waals surface area contributed by atoms with Crippen molar-refractivity contribution >= 4 is 17.6 Å². The molecular formula is C23H26ClNO5. The third-order valence-corrected chi connectivity index (χ3v) is 6.59. The number of aromatic nitrogens is 1. The van der Waals surface area contributed by atoms with Crippen LogP contribution in [0.3, 0.4) is 0 Å². The van der Waals surface area contributed by atoms with Gasteiger partial charge in [0, 0.05) is 55.1 Å². The molecule has 1 saturated carbocycles. The molecule has 1 aromatic carbocycles. The van der Waals surface area contributed by atoms with Crippen molar-refractivity contribution < 1.29 is 19.4 Å². The average Bonchev–Trinajstić information content (AvgIpc) is 2.95. The fourth-order valence-electron chi connectivity index (χ4n) is 5.17. The molecule has 0 amide bonds. The second kappa shape index (κ2) is 7.84. The zero-order valence-corrected chi connectivity index (χ0v) is 18.1. The number of pyridine rings is 1. The van der Waals surface area contributed by atoms with E-state index in [1.54, 1.807) is 7.11 Å². The highest BCUT2D eigenvalue weighted by molar-refractivity contribution is 6.30. The van der Waals surface area contributed by atoms with Gasteiger partial charge in [0.2, 0.25) is 0 Å². The molecule has 0 spiro atoms. The molecule has 4 rings (SSSR count). The highest BCUT2D eigenvalue weighted by Crippen LogP contribution is 2.59. The normalized spacial score (nSPS) is 23.5. The number of halogens is 1. The summed E-state index contributed by atoms with van der Waals surface area (Å²) < 4.78 is 13.4. The number of ether oxygens (including phenoxy) is 2. The minimum atomic E-state index is -1.22. The molecule has 3 atom stereocenters. The third-order valence-electron chi connectivity index (χ3n) is 6.35. The van der Waals surface area contributed by atoms with Crippen molar-refractivity contribution in [3.05, 3.63) is 56.8 Å². The van der Waals surface area contributed by atoms with E-state index in [0.29, 0.717) is 23.9 Å². The maximum atomic E-state index is 12.5. The first-order valence-electron chi connectivity index (χ1n) is 10.1. The summed E-state index contributed by atoms with van der Waals surface area (Å²) in [6.07, 6.45) is 3.11. The van der Waals surface area contributed by atoms with Gasteiger partial charge in [-0.05, 0) is 36.0 Å². The molecule has 1 aromatic heterocycles. The number of fused-ring (bicyclic) bond motifs is 6. The van der Waals surface area contributed by atoms with Crippen LogP contribution in [0.1, 0.15) is 54.6 Å². The zero-order chi connectivity index (χ0) is 21.6. The lowest BCUT2D eigenvalue weighted by Gasteiger charge is -2.40. The Balaban J connectivity index is 1.87. The molecule has 0 saturated heterocycles. The zero-order valence-electron chi connectivity index (χ0n) is 17.4. The first kappa shape index (κ1) is 21.1. The van der Waals surface area contributed by atoms with Gasteiger partial charge in [0.25, 0.3) is 0 Å². The van der Waals surface area contributed by atoms with Crippen molar-refractivity contribution in [1.82, 2.24) is 4.57 Å². The molecule has 6 nitrogen and oxygen atoms in total. The fraction of sp³-hybridized carbons (Fsp3) is 0.478. The maximum Gasteiger partial charge on any atom is 0.341 e. The number of nitrogens with zero attached hydrogens (tertiary/aromatic N) is 1. The molecule has 2 heterocycles. The summed E-state index contributed by atoms with van der Waals surface area (Å²) in [5, 5.41) is 10.1. The quantitative estimate of drug-likeness (QED) is 0.687. The van der Waals surface area contributed by atoms with Crippen molar-refractivity contribution in [2.45, 2.75) is 44.8 Å². The van der Waals surface area contributed by atoms with Crippen molar-refractivity contribution in [3.63, 3.8) is 0 Å². The van der Waals surface area contributed by atoms with Crippen molar-refractivity contribution in [3.8, 4) is 11.3 Å². The second-order valence-corrected chi connectivity index (χ2v) is 9.24. The maximum absolute atomic E-state index is 12.5. The Kier molecular flexibility index (Phi) is 5.51. The van der Waals surface area contributed by atoms with Gasteiger partial charge in [-0.15, -0.1) is 0 Å². The summed E-state index contributed by atoms with van der Waals surface area (Å²) in [6, 6.07) is 7.13. The van der Waals surface area contributed by atoms with Gasteiger partial charge in [-0.3, -0.25) is 4.79 Å². The van der Waals surface area contributed by atoms with E-state index in [2.05, 4.69) is 13.8 Å². The number of hydrogen-bond acceptors (Lipinski definition) is 4. The van der Waals surface area contributed by atoms with Crippen LogP contribution in [0.15, 0.2) is 35.3 Å². The molecule has 2 aromatic rings. The largest absolute Gasteiger partial charge is 0.477 e. The van der Waals surface area contributed by atoms with Gasteiger partial charge in [-0.2, -0.15) is 0 Å². The monoisotopic (exact) mass is 431 g/mol. The Labute approximate surface area is 180 Å². The van der Waals surface area contributed by atoms with E-state index >= 15 is 0 Å². The van der Waals surface area contributed by atoms with Crippen LogP contribution >= 0.6 is 11.6 Å². The minimum Gasteiger partial charge on any atom is -0.477 e. The molecule has 2 aliphatic rings. The van der Waals surface area contributed by atoms with Crippen LogP contribution in [0.4, 0.5) is 0 Å². The lowest BCUT2D eigenvalue weighted by molar-refractivity contribution is 0.0280. The number of hydrogen-bond donors (Lipinski definition) is 1. The smallest absolute Gasteiger partial charge is 0.341 e. The van der Waals surface area contributed by atoms with Gasteiger partial charge >= 0.3 is 5.97 Å². The van der Waals surface area contributed by atoms with Gasteiger partial charge in [0.1, 0.15) is 5.56 Å². The summed E-state index contributed by atoms with van der Waals surface area (Å²) in [7, 11) is 1.67. The van der Waals surface area contributed by atoms with E-state index in [0.717, 1.165) is 24.0 Å². The first-order valence-corrected chi connectivity index (χ1v) is 10.5. The van der Waals surface area contributed by atoms with Crippen LogP contribution in [0, 0.1) is 5.41 Å². The molecule has 7 heteroatoms. The van der Waals surface area contributed by atoms with E-state index < -0.39 is 11.4 Å². The lowest BCUT2D eigenvalue weighted by atomic mass is 9.77. The molecule has 1 aliphatic carbocycles. The molecule has 1 aliphatic heterocycles. The summed E-state index contributed by atoms with van der Waals surface area (Å²) in [4.78, 5) is 24.1. The SMILES string of the molecule is COCCCOC1CC(C)(C)[C@@H]2[C@H]1c1ccc(Cl)cc1-c1cc(=O)c(C(=O)O)cn12. The van der Waals surface area contributed by atoms with Crippen LogP contribution in [0.2, 0.25) is 5.02 Å². The van der Waals surface area contributed by atoms with E-state index in [1.807, 2.05) is 22.8 Å². The van der Waals surface area contributed by atoms with Gasteiger partial charge in [-0.25, -0.2) is 4.79 Å². The van der Waals surface area contributed by atoms with Gasteiger partial charge in [-0.1, -0.05) is 31.5 Å². The molecule has 1 N–H and O–H groups in total. The minimum absolute atomic E-state index is 0.0253. The van der Waals surface area contributed by atoms with Crippen molar-refractivity contribution in [2.24, 2.45) is 5.41 Å². The van der Waals surface area contributed by atoms with Crippen LogP contribution in [-0.4, -0.2) is 42.1 Å². The highest BCUT2D eigenvalue weighted by Gasteiger charge is 2.53. The summed E-state index contributed by atoms with van der Waals surface area (Å²) in [5.41, 5.74) is 1.78. The number of aromatic carboxylic acids is 1. The van der Waals surface area contributed by atoms with E-state index in [9.17, 15) is 14.7 Å². The Morgan fingerprint density at radius 2 is 2.07 bits per heavy atom. The third kappa shape index (κ3) is 3.47. The topological polar surface area (TPSA) is 77.8 Å². The lowest BCUT2D eigenvalue weighted by Crippen LogP contribution is -2.33. The van der Waals surface area contributed by atoms with Crippen molar-refractivity contribution in [2.75, 3.05) is 20.3 Å². The summed E-state index contributed by atoms with van der Waals surface area (Å²) in [5.74, 6) is -1.18. The molecule has 0 bridgehead atoms. The standard InChI is InChI=1S/C23H26ClNO5/c1-23(2)11-19(30-8-4-7-29-3)20-14-6-5-13(24)9-15(14)17-10-18(26)16(22(27)28)12-25(17)21(20)23/h5-6,9-10,12,19-21H,4,7-8,11H2,1-3H3,(H,27,28)/t19?,20-,21-/m0/s1. The van der Waals surface area contributed by atoms with E-state index in [4.69, 9.17) is 21.1 Å². The Bertz CT molecular complexity index is 1040. The first-order chi connectivity index (χ1) is 14.2. The van der Waals surface area contributed by atoms with Crippen LogP contribution in [0.5, 0.6) is 0 Å². The Morgan fingerprint density at radius 3 is 2.77 bits per heavy atom. The molecule has 1 fully saturated rings. The molecular weight excluding hydrogens is 406 g/mol. The molecule has 30 heavy (non-hydrogen) atoms. The molecule has 160 valence electrons. The van der Waals surface area contributed by atoms with Crippen LogP contribution in [-0.2, 0) is 9.47 Å². The number of rotatable bonds is 6. The number of methoxy groups -OCH3 is 1. The fourth-order valence-corrected chi connectivity index (χ4v) is 5.35. The number of carboxylic acid groups (broad SMARTS) is 1. The van der Waals surface area contributed by atoms with E-state index in [-0.39, 0.29) is 29.0 Å². The predicted molar refractivity (Wildman–Crippen MR) is 115 cm³/mol. The Morgan fingerprint density at radius 1 is 1.30 bits per heavy atom. The van der Waals surface area contributed by atoms with E-state index in [1.165, 1.54) is 12.3 Å². The van der Waals surface area contributed by atoms with Gasteiger partial charge in [0.05, 0.1) is 11.8 Å². The number of carbonyl (C=O) groups is 1. The van der Waals surface area contributed by atoms with Gasteiger partial charge < -0.3 is 19.1 Å². The van der Waals surface area contributed by atoms with Crippen LogP contribution < -0.4 is 5.43 Å². The number of benzene rings is 1. The van der Waals surface area contributed by atoms with Gasteiger partial charge in [0.15, 0.2) is 5.43 Å². The number of carboxylic acids is 1. The molecule has 1 unspecified atom stereocenters. The summed E-state index contributed by atoms with van der Waals surface area (Å²) >= 11 is 6.29. The predicted octanol–water partition coefficient (Wildman–Crippen LogP) is 4.36. The summed E-state index contributed by atoms with van der Waals surface area (Å²) in [6.45, 7) is 5.58. The van der Waals surface area contributed by atoms with Crippen LogP contribution in [0.25, 0.3) is 11.3 Å². The average molecular weight is 432 g/mol. The molecule has 0 radical (unpaired) electrons. The van der Waals surface area contributed by atoms with Crippen molar-refractivity contribution in [1.29, 1.82) is 0 Å². The highest BCUT2D eigenvalue weighted by atomic mass is 35.5.